The second kappa shape index (κ2) is 7.52. The molecule has 0 aliphatic carbocycles. The molecule has 1 fully saturated rings. The summed E-state index contributed by atoms with van der Waals surface area (Å²) >= 11 is 14.0. The molecule has 2 aromatic heterocycles. The van der Waals surface area contributed by atoms with Crippen LogP contribution in [0.15, 0.2) is 39.1 Å². The number of aromatic nitrogens is 2. The second-order valence-electron chi connectivity index (χ2n) is 6.13. The first-order chi connectivity index (χ1) is 13.0. The maximum Gasteiger partial charge on any atom is 0.259 e. The van der Waals surface area contributed by atoms with Crippen LogP contribution in [0.1, 0.15) is 19.3 Å². The lowest BCUT2D eigenvalue weighted by Crippen LogP contribution is -2.35. The van der Waals surface area contributed by atoms with Gasteiger partial charge in [0.2, 0.25) is 15.8 Å². The van der Waals surface area contributed by atoms with E-state index in [1.165, 1.54) is 27.8 Å². The van der Waals surface area contributed by atoms with Crippen molar-refractivity contribution in [2.24, 2.45) is 0 Å². The Morgan fingerprint density at radius 3 is 2.59 bits per heavy atom. The Kier molecular flexibility index (Phi) is 5.26. The smallest absolute Gasteiger partial charge is 0.259 e. The van der Waals surface area contributed by atoms with E-state index in [1.54, 1.807) is 0 Å². The number of hydrogen-bond acceptors (Lipinski definition) is 6. The third-order valence-electron chi connectivity index (χ3n) is 4.35. The normalized spacial score (nSPS) is 15.9. The number of rotatable bonds is 4. The average molecular weight is 444 g/mol. The highest BCUT2D eigenvalue weighted by Gasteiger charge is 2.30. The number of thiophene rings is 1. The standard InChI is InChI=1S/C17H15Cl2N3O3S2/c18-12-10-13(19)15(27(23,24)22-6-2-1-3-7-22)9-11(12)17-20-16(21-25-17)14-5-4-8-26-14/h4-5,8-10H,1-3,6-7H2. The molecule has 0 unspecified atom stereocenters. The van der Waals surface area contributed by atoms with Gasteiger partial charge in [-0.1, -0.05) is 40.8 Å². The van der Waals surface area contributed by atoms with Gasteiger partial charge in [-0.2, -0.15) is 9.29 Å². The average Bonchev–Trinajstić information content (AvgIpc) is 3.34. The predicted molar refractivity (Wildman–Crippen MR) is 106 cm³/mol. The summed E-state index contributed by atoms with van der Waals surface area (Å²) in [6.07, 6.45) is 2.70. The van der Waals surface area contributed by atoms with Gasteiger partial charge in [-0.25, -0.2) is 8.42 Å². The number of hydrogen-bond donors (Lipinski definition) is 0. The van der Waals surface area contributed by atoms with E-state index in [9.17, 15) is 8.42 Å². The number of benzene rings is 1. The summed E-state index contributed by atoms with van der Waals surface area (Å²) in [5, 5.41) is 6.19. The van der Waals surface area contributed by atoms with Gasteiger partial charge in [0.25, 0.3) is 5.89 Å². The lowest BCUT2D eigenvalue weighted by Gasteiger charge is -2.26. The third-order valence-corrected chi connectivity index (χ3v) is 7.89. The molecule has 0 radical (unpaired) electrons. The Morgan fingerprint density at radius 1 is 1.11 bits per heavy atom. The second-order valence-corrected chi connectivity index (χ2v) is 9.80. The zero-order chi connectivity index (χ0) is 19.0. The van der Waals surface area contributed by atoms with Gasteiger partial charge in [-0.15, -0.1) is 11.3 Å². The first-order valence-corrected chi connectivity index (χ1v) is 11.4. The van der Waals surface area contributed by atoms with Crippen LogP contribution in [0.4, 0.5) is 0 Å². The minimum atomic E-state index is -3.72. The minimum Gasteiger partial charge on any atom is -0.334 e. The Bertz CT molecular complexity index is 1060. The zero-order valence-electron chi connectivity index (χ0n) is 14.1. The molecule has 6 nitrogen and oxygen atoms in total. The van der Waals surface area contributed by atoms with E-state index in [-0.39, 0.29) is 20.8 Å². The molecule has 0 spiro atoms. The van der Waals surface area contributed by atoms with Crippen molar-refractivity contribution < 1.29 is 12.9 Å². The Hall–Kier alpha value is -1.45. The van der Waals surface area contributed by atoms with Crippen LogP contribution in [0.2, 0.25) is 10.0 Å². The molecular weight excluding hydrogens is 429 g/mol. The molecule has 1 aliphatic heterocycles. The van der Waals surface area contributed by atoms with E-state index in [2.05, 4.69) is 10.1 Å². The van der Waals surface area contributed by atoms with E-state index in [1.807, 2.05) is 17.5 Å². The third kappa shape index (κ3) is 3.64. The molecule has 4 rings (SSSR count). The van der Waals surface area contributed by atoms with Crippen molar-refractivity contribution in [2.45, 2.75) is 24.2 Å². The van der Waals surface area contributed by atoms with E-state index >= 15 is 0 Å². The van der Waals surface area contributed by atoms with Gasteiger partial charge in [0.05, 0.1) is 20.5 Å². The minimum absolute atomic E-state index is 0.00124. The van der Waals surface area contributed by atoms with Gasteiger partial charge < -0.3 is 4.52 Å². The molecule has 3 aromatic rings. The largest absolute Gasteiger partial charge is 0.334 e. The van der Waals surface area contributed by atoms with Gasteiger partial charge >= 0.3 is 0 Å². The maximum absolute atomic E-state index is 13.0. The number of halogens is 2. The van der Waals surface area contributed by atoms with Crippen LogP contribution in [0.3, 0.4) is 0 Å². The van der Waals surface area contributed by atoms with Gasteiger partial charge in [-0.3, -0.25) is 0 Å². The summed E-state index contributed by atoms with van der Waals surface area (Å²) in [5.41, 5.74) is 0.340. The van der Waals surface area contributed by atoms with Crippen molar-refractivity contribution in [3.8, 4) is 22.2 Å². The molecule has 0 bridgehead atoms. The molecule has 0 saturated carbocycles. The van der Waals surface area contributed by atoms with Crippen molar-refractivity contribution in [1.29, 1.82) is 0 Å². The fourth-order valence-corrected chi connectivity index (χ4v) is 5.97. The van der Waals surface area contributed by atoms with E-state index < -0.39 is 10.0 Å². The molecule has 0 N–H and O–H groups in total. The predicted octanol–water partition coefficient (Wildman–Crippen LogP) is 4.95. The van der Waals surface area contributed by atoms with E-state index in [4.69, 9.17) is 27.7 Å². The summed E-state index contributed by atoms with van der Waals surface area (Å²) in [7, 11) is -3.72. The summed E-state index contributed by atoms with van der Waals surface area (Å²) in [6.45, 7) is 0.972. The molecular formula is C17H15Cl2N3O3S2. The molecule has 0 atom stereocenters. The van der Waals surface area contributed by atoms with Crippen LogP contribution >= 0.6 is 34.5 Å². The van der Waals surface area contributed by atoms with Crippen LogP contribution < -0.4 is 0 Å². The molecule has 10 heteroatoms. The highest BCUT2D eigenvalue weighted by atomic mass is 35.5. The fraction of sp³-hybridized carbons (Fsp3) is 0.294. The SMILES string of the molecule is O=S(=O)(c1cc(-c2nc(-c3cccs3)no2)c(Cl)cc1Cl)N1CCCCC1. The monoisotopic (exact) mass is 443 g/mol. The maximum atomic E-state index is 13.0. The molecule has 27 heavy (non-hydrogen) atoms. The van der Waals surface area contributed by atoms with Crippen LogP contribution in [-0.4, -0.2) is 36.0 Å². The molecule has 1 aliphatic rings. The van der Waals surface area contributed by atoms with Crippen LogP contribution in [0.5, 0.6) is 0 Å². The van der Waals surface area contributed by atoms with E-state index in [0.717, 1.165) is 24.1 Å². The molecule has 1 aromatic carbocycles. The topological polar surface area (TPSA) is 76.3 Å². The first-order valence-electron chi connectivity index (χ1n) is 8.34. The summed E-state index contributed by atoms with van der Waals surface area (Å²) in [6, 6.07) is 6.58. The number of nitrogens with zero attached hydrogens (tertiary/aromatic N) is 3. The van der Waals surface area contributed by atoms with Gasteiger partial charge in [0, 0.05) is 13.1 Å². The van der Waals surface area contributed by atoms with Crippen LogP contribution in [0, 0.1) is 0 Å². The van der Waals surface area contributed by atoms with Crippen molar-refractivity contribution in [2.75, 3.05) is 13.1 Å². The lowest BCUT2D eigenvalue weighted by molar-refractivity contribution is 0.346. The quantitative estimate of drug-likeness (QED) is 0.569. The van der Waals surface area contributed by atoms with E-state index in [0.29, 0.717) is 24.5 Å². The molecule has 3 heterocycles. The van der Waals surface area contributed by atoms with Gasteiger partial charge in [0.15, 0.2) is 0 Å². The fourth-order valence-electron chi connectivity index (χ4n) is 2.97. The van der Waals surface area contributed by atoms with Crippen molar-refractivity contribution in [1.82, 2.24) is 14.4 Å². The molecule has 142 valence electrons. The van der Waals surface area contributed by atoms with Crippen molar-refractivity contribution >= 4 is 44.6 Å². The first kappa shape index (κ1) is 18.9. The Balaban J connectivity index is 1.76. The van der Waals surface area contributed by atoms with Crippen LogP contribution in [0.25, 0.3) is 22.2 Å². The molecule has 0 amide bonds. The Labute approximate surface area is 170 Å². The van der Waals surface area contributed by atoms with Crippen LogP contribution in [-0.2, 0) is 10.0 Å². The number of piperidine rings is 1. The molecule has 1 saturated heterocycles. The lowest BCUT2D eigenvalue weighted by atomic mass is 10.2. The Morgan fingerprint density at radius 2 is 1.89 bits per heavy atom. The summed E-state index contributed by atoms with van der Waals surface area (Å²) in [4.78, 5) is 5.19. The highest BCUT2D eigenvalue weighted by Crippen LogP contribution is 2.37. The zero-order valence-corrected chi connectivity index (χ0v) is 17.2. The van der Waals surface area contributed by atoms with Gasteiger partial charge in [-0.05, 0) is 36.4 Å². The highest BCUT2D eigenvalue weighted by molar-refractivity contribution is 7.89. The summed E-state index contributed by atoms with van der Waals surface area (Å²) < 4.78 is 32.8. The van der Waals surface area contributed by atoms with Crippen molar-refractivity contribution in [3.63, 3.8) is 0 Å². The van der Waals surface area contributed by atoms with Crippen molar-refractivity contribution in [3.05, 3.63) is 39.7 Å². The summed E-state index contributed by atoms with van der Waals surface area (Å²) in [5.74, 6) is 0.571. The van der Waals surface area contributed by atoms with Gasteiger partial charge in [0.1, 0.15) is 4.90 Å². The number of sulfonamides is 1.